The quantitative estimate of drug-likeness (QED) is 0.490. The molecule has 108 valence electrons. The zero-order valence-corrected chi connectivity index (χ0v) is 12.8. The summed E-state index contributed by atoms with van der Waals surface area (Å²) in [6.45, 7) is 7.21. The molecule has 0 saturated heterocycles. The molecule has 1 aromatic carbocycles. The predicted octanol–water partition coefficient (Wildman–Crippen LogP) is 2.77. The Labute approximate surface area is 111 Å². The molecule has 1 aromatic rings. The molecule has 0 aliphatic rings. The number of halogens is 3. The van der Waals surface area contributed by atoms with Crippen LogP contribution in [0.2, 0.25) is 19.6 Å². The molecule has 0 N–H and O–H groups in total. The first-order valence-corrected chi connectivity index (χ1v) is 10.4. The van der Waals surface area contributed by atoms with E-state index in [0.29, 0.717) is 10.8 Å². The summed E-state index contributed by atoms with van der Waals surface area (Å²) < 4.78 is 63.7. The van der Waals surface area contributed by atoms with E-state index in [2.05, 4.69) is 4.18 Å². The minimum Gasteiger partial charge on any atom is -0.376 e. The molecule has 0 amide bonds. The Balaban J connectivity index is 3.38. The third-order valence-electron chi connectivity index (χ3n) is 2.50. The fourth-order valence-corrected chi connectivity index (χ4v) is 3.65. The van der Waals surface area contributed by atoms with Crippen molar-refractivity contribution in [3.63, 3.8) is 0 Å². The van der Waals surface area contributed by atoms with Gasteiger partial charge >= 0.3 is 15.6 Å². The summed E-state index contributed by atoms with van der Waals surface area (Å²) in [6.07, 6.45) is 0. The smallest absolute Gasteiger partial charge is 0.376 e. The van der Waals surface area contributed by atoms with Crippen LogP contribution in [-0.4, -0.2) is 22.0 Å². The van der Waals surface area contributed by atoms with Crippen LogP contribution in [0.5, 0.6) is 5.75 Å². The standard InChI is InChI=1S/C11H15F3O3SSi/c1-8-6-5-7-9(19(2,3)4)10(8)17-18(15,16)11(12,13)14/h5-7H,1-4H3. The van der Waals surface area contributed by atoms with Crippen molar-refractivity contribution in [2.45, 2.75) is 32.1 Å². The minimum absolute atomic E-state index is 0.195. The number of para-hydroxylation sites is 1. The van der Waals surface area contributed by atoms with Gasteiger partial charge in [0.1, 0.15) is 5.75 Å². The van der Waals surface area contributed by atoms with E-state index in [9.17, 15) is 21.6 Å². The first kappa shape index (κ1) is 16.0. The van der Waals surface area contributed by atoms with Gasteiger partial charge in [-0.15, -0.1) is 0 Å². The number of hydrogen-bond donors (Lipinski definition) is 0. The number of rotatable bonds is 3. The van der Waals surface area contributed by atoms with Crippen LogP contribution >= 0.6 is 0 Å². The monoisotopic (exact) mass is 312 g/mol. The van der Waals surface area contributed by atoms with E-state index < -0.39 is 23.7 Å². The van der Waals surface area contributed by atoms with Gasteiger partial charge in [-0.2, -0.15) is 21.6 Å². The van der Waals surface area contributed by atoms with E-state index in [-0.39, 0.29) is 5.75 Å². The third kappa shape index (κ3) is 3.50. The lowest BCUT2D eigenvalue weighted by Gasteiger charge is -2.22. The van der Waals surface area contributed by atoms with E-state index in [4.69, 9.17) is 0 Å². The Kier molecular flexibility index (Phi) is 4.07. The molecule has 0 radical (unpaired) electrons. The fraction of sp³-hybridized carbons (Fsp3) is 0.455. The topological polar surface area (TPSA) is 43.4 Å². The van der Waals surface area contributed by atoms with Crippen molar-refractivity contribution >= 4 is 23.4 Å². The van der Waals surface area contributed by atoms with Crippen LogP contribution in [0.25, 0.3) is 0 Å². The fourth-order valence-electron chi connectivity index (χ4n) is 1.51. The largest absolute Gasteiger partial charge is 0.534 e. The molecular formula is C11H15F3O3SSi. The molecular weight excluding hydrogens is 297 g/mol. The Morgan fingerprint density at radius 2 is 1.68 bits per heavy atom. The summed E-state index contributed by atoms with van der Waals surface area (Å²) in [5.41, 5.74) is -5.06. The van der Waals surface area contributed by atoms with E-state index in [1.54, 1.807) is 12.1 Å². The average molecular weight is 312 g/mol. The van der Waals surface area contributed by atoms with E-state index in [1.165, 1.54) is 13.0 Å². The molecule has 0 unspecified atom stereocenters. The van der Waals surface area contributed by atoms with E-state index in [0.717, 1.165) is 0 Å². The number of benzene rings is 1. The number of alkyl halides is 3. The molecule has 8 heteroatoms. The van der Waals surface area contributed by atoms with Gasteiger partial charge < -0.3 is 4.18 Å². The lowest BCUT2D eigenvalue weighted by molar-refractivity contribution is -0.0499. The SMILES string of the molecule is Cc1cccc([Si](C)(C)C)c1OS(=O)(=O)C(F)(F)F. The second-order valence-corrected chi connectivity index (χ2v) is 11.8. The predicted molar refractivity (Wildman–Crippen MR) is 69.8 cm³/mol. The van der Waals surface area contributed by atoms with Gasteiger partial charge in [0.25, 0.3) is 0 Å². The maximum atomic E-state index is 12.4. The summed E-state index contributed by atoms with van der Waals surface area (Å²) in [6, 6.07) is 4.81. The van der Waals surface area contributed by atoms with Crippen molar-refractivity contribution in [3.8, 4) is 5.75 Å². The first-order chi connectivity index (χ1) is 8.36. The lowest BCUT2D eigenvalue weighted by Crippen LogP contribution is -2.40. The molecule has 0 heterocycles. The molecule has 1 rings (SSSR count). The van der Waals surface area contributed by atoms with Crippen molar-refractivity contribution in [2.75, 3.05) is 0 Å². The number of aryl methyl sites for hydroxylation is 1. The molecule has 0 bridgehead atoms. The maximum absolute atomic E-state index is 12.4. The van der Waals surface area contributed by atoms with E-state index in [1.807, 2.05) is 19.6 Å². The Bertz CT molecular complexity index is 574. The Morgan fingerprint density at radius 1 is 1.16 bits per heavy atom. The highest BCUT2D eigenvalue weighted by Gasteiger charge is 2.49. The molecule has 19 heavy (non-hydrogen) atoms. The summed E-state index contributed by atoms with van der Waals surface area (Å²) in [7, 11) is -7.66. The van der Waals surface area contributed by atoms with Crippen LogP contribution in [0.3, 0.4) is 0 Å². The normalized spacial score (nSPS) is 13.4. The van der Waals surface area contributed by atoms with Gasteiger partial charge in [-0.25, -0.2) is 0 Å². The summed E-state index contributed by atoms with van der Waals surface area (Å²) in [5.74, 6) is -0.195. The minimum atomic E-state index is -5.63. The van der Waals surface area contributed by atoms with Crippen molar-refractivity contribution in [1.29, 1.82) is 0 Å². The van der Waals surface area contributed by atoms with Gasteiger partial charge in [0.15, 0.2) is 0 Å². The van der Waals surface area contributed by atoms with E-state index >= 15 is 0 Å². The molecule has 0 saturated carbocycles. The van der Waals surface area contributed by atoms with Crippen LogP contribution in [-0.2, 0) is 10.1 Å². The van der Waals surface area contributed by atoms with Crippen LogP contribution < -0.4 is 9.37 Å². The summed E-state index contributed by atoms with van der Waals surface area (Å²) >= 11 is 0. The first-order valence-electron chi connectivity index (χ1n) is 5.47. The van der Waals surface area contributed by atoms with Crippen LogP contribution in [0, 0.1) is 6.92 Å². The van der Waals surface area contributed by atoms with Crippen molar-refractivity contribution < 1.29 is 25.8 Å². The molecule has 0 spiro atoms. The molecule has 0 aliphatic heterocycles. The zero-order valence-electron chi connectivity index (χ0n) is 11.0. The second-order valence-electron chi connectivity index (χ2n) is 5.18. The van der Waals surface area contributed by atoms with Gasteiger partial charge in [-0.3, -0.25) is 0 Å². The van der Waals surface area contributed by atoms with Crippen LogP contribution in [0.1, 0.15) is 5.56 Å². The highest BCUT2D eigenvalue weighted by atomic mass is 32.2. The maximum Gasteiger partial charge on any atom is 0.534 e. The van der Waals surface area contributed by atoms with Gasteiger partial charge in [-0.1, -0.05) is 37.8 Å². The van der Waals surface area contributed by atoms with Gasteiger partial charge in [0, 0.05) is 0 Å². The third-order valence-corrected chi connectivity index (χ3v) is 5.46. The van der Waals surface area contributed by atoms with Crippen molar-refractivity contribution in [2.24, 2.45) is 0 Å². The molecule has 0 aromatic heterocycles. The highest BCUT2D eigenvalue weighted by Crippen LogP contribution is 2.28. The second kappa shape index (κ2) is 4.82. The van der Waals surface area contributed by atoms with Gasteiger partial charge in [0.2, 0.25) is 0 Å². The summed E-state index contributed by atoms with van der Waals surface area (Å²) in [5, 5.41) is 0.542. The zero-order chi connectivity index (χ0) is 15.1. The van der Waals surface area contributed by atoms with Crippen LogP contribution in [0.4, 0.5) is 13.2 Å². The molecule has 3 nitrogen and oxygen atoms in total. The summed E-state index contributed by atoms with van der Waals surface area (Å²) in [4.78, 5) is 0. The Morgan fingerprint density at radius 3 is 2.11 bits per heavy atom. The van der Waals surface area contributed by atoms with Gasteiger partial charge in [0.05, 0.1) is 8.07 Å². The Hall–Kier alpha value is -1.02. The van der Waals surface area contributed by atoms with Crippen molar-refractivity contribution in [1.82, 2.24) is 0 Å². The molecule has 0 fully saturated rings. The average Bonchev–Trinajstić information content (AvgIpc) is 2.17. The molecule has 0 atom stereocenters. The van der Waals surface area contributed by atoms with Crippen molar-refractivity contribution in [3.05, 3.63) is 23.8 Å². The highest BCUT2D eigenvalue weighted by molar-refractivity contribution is 7.88. The van der Waals surface area contributed by atoms with Gasteiger partial charge in [-0.05, 0) is 17.7 Å². The molecule has 0 aliphatic carbocycles. The number of hydrogen-bond acceptors (Lipinski definition) is 3. The van der Waals surface area contributed by atoms with Crippen LogP contribution in [0.15, 0.2) is 18.2 Å². The lowest BCUT2D eigenvalue weighted by atomic mass is 10.2.